The van der Waals surface area contributed by atoms with Crippen LogP contribution >= 0.6 is 11.8 Å². The average Bonchev–Trinajstić information content (AvgIpc) is 2.73. The molecule has 2 rings (SSSR count). The first kappa shape index (κ1) is 16.8. The van der Waals surface area contributed by atoms with E-state index in [-0.39, 0.29) is 5.54 Å². The van der Waals surface area contributed by atoms with E-state index < -0.39 is 0 Å². The quantitative estimate of drug-likeness (QED) is 0.924. The van der Waals surface area contributed by atoms with Gasteiger partial charge in [0.1, 0.15) is 0 Å². The van der Waals surface area contributed by atoms with Gasteiger partial charge in [0.25, 0.3) is 0 Å². The van der Waals surface area contributed by atoms with Gasteiger partial charge in [0.2, 0.25) is 0 Å². The van der Waals surface area contributed by atoms with Crippen molar-refractivity contribution in [2.24, 2.45) is 0 Å². The first-order valence-corrected chi connectivity index (χ1v) is 8.78. The zero-order valence-electron chi connectivity index (χ0n) is 14.0. The summed E-state index contributed by atoms with van der Waals surface area (Å²) in [5, 5.41) is 7.60. The van der Waals surface area contributed by atoms with Gasteiger partial charge in [0, 0.05) is 35.2 Å². The molecule has 1 fully saturated rings. The van der Waals surface area contributed by atoms with E-state index in [0.717, 1.165) is 37.6 Å². The van der Waals surface area contributed by atoms with Crippen LogP contribution in [0.3, 0.4) is 0 Å². The molecule has 21 heavy (non-hydrogen) atoms. The monoisotopic (exact) mass is 311 g/mol. The number of nitrogens with one attached hydrogen (secondary N) is 1. The fourth-order valence-electron chi connectivity index (χ4n) is 2.31. The average molecular weight is 311 g/mol. The second kappa shape index (κ2) is 6.71. The van der Waals surface area contributed by atoms with E-state index >= 15 is 0 Å². The smallest absolute Gasteiger partial charge is 0.151 e. The van der Waals surface area contributed by atoms with Crippen molar-refractivity contribution in [1.82, 2.24) is 15.4 Å². The second-order valence-corrected chi connectivity index (χ2v) is 9.32. The molecule has 0 saturated carbocycles. The maximum atomic E-state index is 5.49. The molecule has 0 atom stereocenters. The molecular formula is C16H29N3OS. The zero-order valence-corrected chi connectivity index (χ0v) is 14.8. The highest BCUT2D eigenvalue weighted by Gasteiger charge is 2.24. The Morgan fingerprint density at radius 2 is 2.14 bits per heavy atom. The lowest BCUT2D eigenvalue weighted by atomic mass is 10.1. The highest BCUT2D eigenvalue weighted by atomic mass is 32.2. The van der Waals surface area contributed by atoms with Gasteiger partial charge in [-0.1, -0.05) is 19.0 Å². The van der Waals surface area contributed by atoms with Crippen LogP contribution in [0.25, 0.3) is 0 Å². The largest absolute Gasteiger partial charge is 0.360 e. The Bertz CT molecular complexity index is 451. The Kier molecular flexibility index (Phi) is 5.38. The van der Waals surface area contributed by atoms with Gasteiger partial charge in [-0.2, -0.15) is 11.8 Å². The fourth-order valence-corrected chi connectivity index (χ4v) is 3.45. The van der Waals surface area contributed by atoms with E-state index in [0.29, 0.717) is 4.75 Å². The minimum absolute atomic E-state index is 0.104. The van der Waals surface area contributed by atoms with Crippen LogP contribution in [-0.4, -0.2) is 39.2 Å². The summed E-state index contributed by atoms with van der Waals surface area (Å²) in [6.07, 6.45) is 1.23. The van der Waals surface area contributed by atoms with Gasteiger partial charge < -0.3 is 9.84 Å². The lowest BCUT2D eigenvalue weighted by Crippen LogP contribution is -2.35. The van der Waals surface area contributed by atoms with Gasteiger partial charge in [-0.3, -0.25) is 4.90 Å². The van der Waals surface area contributed by atoms with Crippen molar-refractivity contribution in [1.29, 1.82) is 0 Å². The molecule has 0 bridgehead atoms. The standard InChI is InChI=1S/C16H29N3OS/c1-15(2,3)17-11-13-10-14(20-18-13)12-19-7-6-16(4,5)21-9-8-19/h10,17H,6-9,11-12H2,1-5H3. The molecule has 1 N–H and O–H groups in total. The van der Waals surface area contributed by atoms with E-state index in [9.17, 15) is 0 Å². The first-order chi connectivity index (χ1) is 9.73. The Hall–Kier alpha value is -0.520. The van der Waals surface area contributed by atoms with Crippen molar-refractivity contribution in [3.05, 3.63) is 17.5 Å². The molecule has 4 nitrogen and oxygen atoms in total. The van der Waals surface area contributed by atoms with Crippen molar-refractivity contribution in [3.63, 3.8) is 0 Å². The van der Waals surface area contributed by atoms with E-state index in [4.69, 9.17) is 4.52 Å². The van der Waals surface area contributed by atoms with Gasteiger partial charge in [-0.25, -0.2) is 0 Å². The molecule has 0 unspecified atom stereocenters. The predicted molar refractivity (Wildman–Crippen MR) is 89.5 cm³/mol. The van der Waals surface area contributed by atoms with Gasteiger partial charge in [-0.05, 0) is 33.7 Å². The molecule has 0 radical (unpaired) electrons. The summed E-state index contributed by atoms with van der Waals surface area (Å²) in [4.78, 5) is 2.48. The van der Waals surface area contributed by atoms with Crippen LogP contribution in [0.5, 0.6) is 0 Å². The number of rotatable bonds is 4. The minimum atomic E-state index is 0.104. The molecule has 0 aromatic carbocycles. The lowest BCUT2D eigenvalue weighted by molar-refractivity contribution is 0.238. The molecule has 1 aliphatic heterocycles. The molecule has 5 heteroatoms. The molecule has 2 heterocycles. The third-order valence-corrected chi connectivity index (χ3v) is 5.09. The van der Waals surface area contributed by atoms with Crippen LogP contribution in [0.1, 0.15) is 52.5 Å². The fraction of sp³-hybridized carbons (Fsp3) is 0.812. The summed E-state index contributed by atoms with van der Waals surface area (Å²) in [6.45, 7) is 15.0. The van der Waals surface area contributed by atoms with Crippen molar-refractivity contribution in [2.45, 2.75) is 64.4 Å². The summed E-state index contributed by atoms with van der Waals surface area (Å²) >= 11 is 2.07. The number of thioether (sulfide) groups is 1. The number of nitrogens with zero attached hydrogens (tertiary/aromatic N) is 2. The van der Waals surface area contributed by atoms with Crippen molar-refractivity contribution >= 4 is 11.8 Å². The van der Waals surface area contributed by atoms with E-state index in [1.807, 2.05) is 0 Å². The minimum Gasteiger partial charge on any atom is -0.360 e. The van der Waals surface area contributed by atoms with Crippen molar-refractivity contribution < 1.29 is 4.52 Å². The number of aromatic nitrogens is 1. The second-order valence-electron chi connectivity index (χ2n) is 7.52. The Morgan fingerprint density at radius 1 is 1.38 bits per heavy atom. The Morgan fingerprint density at radius 3 is 2.86 bits per heavy atom. The summed E-state index contributed by atoms with van der Waals surface area (Å²) in [5.74, 6) is 2.17. The summed E-state index contributed by atoms with van der Waals surface area (Å²) in [5.41, 5.74) is 1.09. The van der Waals surface area contributed by atoms with Crippen LogP contribution in [0.15, 0.2) is 10.6 Å². The number of hydrogen-bond acceptors (Lipinski definition) is 5. The third kappa shape index (κ3) is 6.01. The van der Waals surface area contributed by atoms with Crippen LogP contribution in [0.2, 0.25) is 0 Å². The topological polar surface area (TPSA) is 41.3 Å². The molecule has 120 valence electrons. The third-order valence-electron chi connectivity index (χ3n) is 3.72. The van der Waals surface area contributed by atoms with Crippen LogP contribution in [0, 0.1) is 0 Å². The molecule has 0 aliphatic carbocycles. The van der Waals surface area contributed by atoms with E-state index in [1.165, 1.54) is 12.2 Å². The molecule has 0 amide bonds. The van der Waals surface area contributed by atoms with Crippen molar-refractivity contribution in [3.8, 4) is 0 Å². The summed E-state index contributed by atoms with van der Waals surface area (Å²) in [7, 11) is 0. The van der Waals surface area contributed by atoms with Crippen LogP contribution < -0.4 is 5.32 Å². The molecule has 1 aromatic rings. The summed E-state index contributed by atoms with van der Waals surface area (Å²) < 4.78 is 5.89. The highest BCUT2D eigenvalue weighted by Crippen LogP contribution is 2.31. The van der Waals surface area contributed by atoms with Gasteiger partial charge in [-0.15, -0.1) is 0 Å². The predicted octanol–water partition coefficient (Wildman–Crippen LogP) is 3.28. The van der Waals surface area contributed by atoms with E-state index in [2.05, 4.69) is 67.8 Å². The first-order valence-electron chi connectivity index (χ1n) is 7.79. The maximum absolute atomic E-state index is 5.49. The Labute approximate surface area is 133 Å². The van der Waals surface area contributed by atoms with Gasteiger partial charge >= 0.3 is 0 Å². The van der Waals surface area contributed by atoms with Crippen molar-refractivity contribution in [2.75, 3.05) is 18.8 Å². The van der Waals surface area contributed by atoms with Gasteiger partial charge in [0.15, 0.2) is 5.76 Å². The molecule has 1 saturated heterocycles. The van der Waals surface area contributed by atoms with Gasteiger partial charge in [0.05, 0.1) is 12.2 Å². The number of hydrogen-bond donors (Lipinski definition) is 1. The molecular weight excluding hydrogens is 282 g/mol. The Balaban J connectivity index is 1.85. The SMILES string of the molecule is CC(C)(C)NCc1cc(CN2CCSC(C)(C)CC2)on1. The molecule has 1 aromatic heterocycles. The lowest BCUT2D eigenvalue weighted by Gasteiger charge is -2.21. The maximum Gasteiger partial charge on any atom is 0.151 e. The normalized spacial score (nSPS) is 20.4. The van der Waals surface area contributed by atoms with Crippen LogP contribution in [0.4, 0.5) is 0 Å². The van der Waals surface area contributed by atoms with E-state index in [1.54, 1.807) is 0 Å². The highest BCUT2D eigenvalue weighted by molar-refractivity contribution is 8.00. The molecule has 1 aliphatic rings. The van der Waals surface area contributed by atoms with Crippen LogP contribution in [-0.2, 0) is 13.1 Å². The molecule has 0 spiro atoms. The summed E-state index contributed by atoms with van der Waals surface area (Å²) in [6, 6.07) is 2.09. The zero-order chi connectivity index (χ0) is 15.5.